The molecule has 0 aliphatic heterocycles. The summed E-state index contributed by atoms with van der Waals surface area (Å²) in [5, 5.41) is 12.1. The summed E-state index contributed by atoms with van der Waals surface area (Å²) < 4.78 is 0. The summed E-state index contributed by atoms with van der Waals surface area (Å²) in [4.78, 5) is 19.7. The summed E-state index contributed by atoms with van der Waals surface area (Å²) >= 11 is 0. The van der Waals surface area contributed by atoms with Gasteiger partial charge in [-0.25, -0.2) is 9.97 Å². The standard InChI is InChI=1S/C17H19N3O2/c1-11(9-15(21)22)20-17-14-8-4-6-12-5-2-3-7-13(12)16(14)18-10-19-17/h2-3,5,7,10-11H,4,6,8-9H2,1H3,(H,21,22)(H,18,19,20). The van der Waals surface area contributed by atoms with Crippen molar-refractivity contribution in [1.29, 1.82) is 0 Å². The van der Waals surface area contributed by atoms with E-state index >= 15 is 0 Å². The Labute approximate surface area is 129 Å². The predicted octanol–water partition coefficient (Wildman–Crippen LogP) is 2.91. The minimum atomic E-state index is -0.814. The average Bonchev–Trinajstić information content (AvgIpc) is 2.67. The molecule has 0 radical (unpaired) electrons. The van der Waals surface area contributed by atoms with Gasteiger partial charge in [0.2, 0.25) is 0 Å². The molecule has 2 aromatic rings. The van der Waals surface area contributed by atoms with Gasteiger partial charge in [0.25, 0.3) is 0 Å². The van der Waals surface area contributed by atoms with E-state index in [4.69, 9.17) is 5.11 Å². The number of aromatic nitrogens is 2. The summed E-state index contributed by atoms with van der Waals surface area (Å²) in [5.41, 5.74) is 4.52. The molecule has 22 heavy (non-hydrogen) atoms. The number of aryl methyl sites for hydroxylation is 1. The van der Waals surface area contributed by atoms with Crippen LogP contribution in [0.3, 0.4) is 0 Å². The predicted molar refractivity (Wildman–Crippen MR) is 84.8 cm³/mol. The number of carboxylic acids is 1. The first-order valence-electron chi connectivity index (χ1n) is 7.55. The fourth-order valence-corrected chi connectivity index (χ4v) is 2.98. The molecular weight excluding hydrogens is 278 g/mol. The summed E-state index contributed by atoms with van der Waals surface area (Å²) in [7, 11) is 0. The van der Waals surface area contributed by atoms with Crippen LogP contribution in [0.2, 0.25) is 0 Å². The number of nitrogens with one attached hydrogen (secondary N) is 1. The lowest BCUT2D eigenvalue weighted by molar-refractivity contribution is -0.137. The number of rotatable bonds is 4. The third-order valence-corrected chi connectivity index (χ3v) is 3.95. The second kappa shape index (κ2) is 6.13. The van der Waals surface area contributed by atoms with Crippen LogP contribution in [-0.2, 0) is 17.6 Å². The smallest absolute Gasteiger partial charge is 0.305 e. The lowest BCUT2D eigenvalue weighted by Crippen LogP contribution is -2.21. The van der Waals surface area contributed by atoms with Gasteiger partial charge in [-0.3, -0.25) is 4.79 Å². The summed E-state index contributed by atoms with van der Waals surface area (Å²) in [6, 6.07) is 8.15. The van der Waals surface area contributed by atoms with Crippen LogP contribution in [0.5, 0.6) is 0 Å². The minimum Gasteiger partial charge on any atom is -0.481 e. The van der Waals surface area contributed by atoms with Gasteiger partial charge < -0.3 is 10.4 Å². The molecule has 5 heteroatoms. The van der Waals surface area contributed by atoms with E-state index in [1.54, 1.807) is 6.33 Å². The molecule has 5 nitrogen and oxygen atoms in total. The van der Waals surface area contributed by atoms with E-state index in [1.807, 2.05) is 13.0 Å². The molecule has 1 aromatic carbocycles. The number of nitrogens with zero attached hydrogens (tertiary/aromatic N) is 2. The Bertz CT molecular complexity index is 700. The average molecular weight is 297 g/mol. The maximum atomic E-state index is 10.8. The molecule has 3 rings (SSSR count). The molecule has 2 N–H and O–H groups in total. The number of hydrogen-bond acceptors (Lipinski definition) is 4. The van der Waals surface area contributed by atoms with Crippen LogP contribution in [-0.4, -0.2) is 27.1 Å². The van der Waals surface area contributed by atoms with E-state index in [1.165, 1.54) is 5.56 Å². The number of aliphatic carboxylic acids is 1. The van der Waals surface area contributed by atoms with Gasteiger partial charge in [0.1, 0.15) is 12.1 Å². The van der Waals surface area contributed by atoms with Crippen LogP contribution in [0, 0.1) is 0 Å². The van der Waals surface area contributed by atoms with Crippen LogP contribution in [0.1, 0.15) is 30.9 Å². The van der Waals surface area contributed by atoms with Gasteiger partial charge in [-0.1, -0.05) is 24.3 Å². The first-order valence-corrected chi connectivity index (χ1v) is 7.55. The zero-order valence-electron chi connectivity index (χ0n) is 12.5. The van der Waals surface area contributed by atoms with E-state index < -0.39 is 5.97 Å². The first-order chi connectivity index (χ1) is 10.6. The number of carboxylic acid groups (broad SMARTS) is 1. The number of fused-ring (bicyclic) bond motifs is 3. The van der Waals surface area contributed by atoms with E-state index in [0.29, 0.717) is 0 Å². The lowest BCUT2D eigenvalue weighted by atomic mass is 10.0. The second-order valence-corrected chi connectivity index (χ2v) is 5.70. The number of benzene rings is 1. The normalized spacial score (nSPS) is 14.4. The molecular formula is C17H19N3O2. The fraction of sp³-hybridized carbons (Fsp3) is 0.353. The zero-order chi connectivity index (χ0) is 15.5. The molecule has 1 aromatic heterocycles. The van der Waals surface area contributed by atoms with E-state index in [2.05, 4.69) is 33.5 Å². The van der Waals surface area contributed by atoms with Crippen molar-refractivity contribution >= 4 is 11.8 Å². The highest BCUT2D eigenvalue weighted by atomic mass is 16.4. The molecule has 1 heterocycles. The quantitative estimate of drug-likeness (QED) is 0.907. The maximum absolute atomic E-state index is 10.8. The Balaban J connectivity index is 1.98. The molecule has 114 valence electrons. The Morgan fingerprint density at radius 2 is 2.14 bits per heavy atom. The Hall–Kier alpha value is -2.43. The van der Waals surface area contributed by atoms with Crippen molar-refractivity contribution in [3.8, 4) is 11.3 Å². The molecule has 0 saturated heterocycles. The van der Waals surface area contributed by atoms with Gasteiger partial charge in [0.05, 0.1) is 12.1 Å². The summed E-state index contributed by atoms with van der Waals surface area (Å²) in [6.07, 6.45) is 4.58. The molecule has 1 aliphatic carbocycles. The molecule has 0 fully saturated rings. The first kappa shape index (κ1) is 14.5. The topological polar surface area (TPSA) is 75.1 Å². The molecule has 0 saturated carbocycles. The third-order valence-electron chi connectivity index (χ3n) is 3.95. The van der Waals surface area contributed by atoms with E-state index in [0.717, 1.165) is 41.9 Å². The minimum absolute atomic E-state index is 0.0648. The Kier molecular flexibility index (Phi) is 4.04. The lowest BCUT2D eigenvalue weighted by Gasteiger charge is -2.17. The van der Waals surface area contributed by atoms with E-state index in [-0.39, 0.29) is 12.5 Å². The highest BCUT2D eigenvalue weighted by molar-refractivity contribution is 5.73. The third kappa shape index (κ3) is 2.93. The van der Waals surface area contributed by atoms with Crippen LogP contribution in [0.25, 0.3) is 11.3 Å². The maximum Gasteiger partial charge on any atom is 0.305 e. The van der Waals surface area contributed by atoms with Gasteiger partial charge in [0, 0.05) is 17.2 Å². The molecule has 0 amide bonds. The van der Waals surface area contributed by atoms with E-state index in [9.17, 15) is 4.79 Å². The number of anilines is 1. The second-order valence-electron chi connectivity index (χ2n) is 5.70. The van der Waals surface area contributed by atoms with Gasteiger partial charge in [-0.15, -0.1) is 0 Å². The summed E-state index contributed by atoms with van der Waals surface area (Å²) in [5.74, 6) is -0.0547. The van der Waals surface area contributed by atoms with Crippen molar-refractivity contribution in [3.05, 3.63) is 41.7 Å². The van der Waals surface area contributed by atoms with Crippen LogP contribution < -0.4 is 5.32 Å². The SMILES string of the molecule is CC(CC(=O)O)Nc1ncnc2c1CCCc1ccccc1-2. The van der Waals surface area contributed by atoms with Crippen LogP contribution in [0.4, 0.5) is 5.82 Å². The van der Waals surface area contributed by atoms with Crippen molar-refractivity contribution in [2.45, 2.75) is 38.6 Å². The van der Waals surface area contributed by atoms with Crippen molar-refractivity contribution in [2.24, 2.45) is 0 Å². The van der Waals surface area contributed by atoms with Gasteiger partial charge >= 0.3 is 5.97 Å². The van der Waals surface area contributed by atoms with Crippen molar-refractivity contribution < 1.29 is 9.90 Å². The highest BCUT2D eigenvalue weighted by Gasteiger charge is 2.20. The van der Waals surface area contributed by atoms with Crippen molar-refractivity contribution in [1.82, 2.24) is 9.97 Å². The zero-order valence-corrected chi connectivity index (χ0v) is 12.5. The van der Waals surface area contributed by atoms with Crippen LogP contribution >= 0.6 is 0 Å². The molecule has 0 bridgehead atoms. The van der Waals surface area contributed by atoms with Crippen molar-refractivity contribution in [2.75, 3.05) is 5.32 Å². The molecule has 1 unspecified atom stereocenters. The summed E-state index contributed by atoms with van der Waals surface area (Å²) in [6.45, 7) is 1.85. The molecule has 0 spiro atoms. The Morgan fingerprint density at radius 3 is 2.95 bits per heavy atom. The van der Waals surface area contributed by atoms with Gasteiger partial charge in [-0.2, -0.15) is 0 Å². The Morgan fingerprint density at radius 1 is 1.32 bits per heavy atom. The number of hydrogen-bond donors (Lipinski definition) is 2. The van der Waals surface area contributed by atoms with Crippen LogP contribution in [0.15, 0.2) is 30.6 Å². The monoisotopic (exact) mass is 297 g/mol. The molecule has 1 atom stereocenters. The fourth-order valence-electron chi connectivity index (χ4n) is 2.98. The van der Waals surface area contributed by atoms with Gasteiger partial charge in [-0.05, 0) is 31.7 Å². The number of carbonyl (C=O) groups is 1. The highest BCUT2D eigenvalue weighted by Crippen LogP contribution is 2.33. The van der Waals surface area contributed by atoms with Crippen molar-refractivity contribution in [3.63, 3.8) is 0 Å². The molecule has 1 aliphatic rings. The van der Waals surface area contributed by atoms with Gasteiger partial charge in [0.15, 0.2) is 0 Å². The largest absolute Gasteiger partial charge is 0.481 e.